The van der Waals surface area contributed by atoms with Gasteiger partial charge in [-0.3, -0.25) is 0 Å². The van der Waals surface area contributed by atoms with Gasteiger partial charge in [0.05, 0.1) is 11.4 Å². The van der Waals surface area contributed by atoms with Crippen molar-refractivity contribution in [3.63, 3.8) is 0 Å². The van der Waals surface area contributed by atoms with Crippen LogP contribution in [0.4, 0.5) is 5.69 Å². The average Bonchev–Trinajstić information content (AvgIpc) is 2.23. The van der Waals surface area contributed by atoms with Gasteiger partial charge in [0.25, 0.3) is 0 Å². The van der Waals surface area contributed by atoms with Crippen LogP contribution in [0.2, 0.25) is 0 Å². The van der Waals surface area contributed by atoms with Crippen LogP contribution >= 0.6 is 22.6 Å². The Morgan fingerprint density at radius 1 is 1.00 bits per heavy atom. The minimum absolute atomic E-state index is 0.727. The molecule has 0 aliphatic carbocycles. The van der Waals surface area contributed by atoms with E-state index in [2.05, 4.69) is 27.6 Å². The van der Waals surface area contributed by atoms with Crippen LogP contribution in [0.25, 0.3) is 11.3 Å². The number of hydrogen-bond acceptors (Lipinski definition) is 2. The summed E-state index contributed by atoms with van der Waals surface area (Å²) in [6.45, 7) is 0. The van der Waals surface area contributed by atoms with E-state index in [4.69, 9.17) is 5.73 Å². The van der Waals surface area contributed by atoms with Crippen LogP contribution in [0, 0.1) is 3.70 Å². The van der Waals surface area contributed by atoms with Crippen molar-refractivity contribution >= 4 is 28.3 Å². The lowest BCUT2D eigenvalue weighted by Crippen LogP contribution is -1.93. The predicted octanol–water partition coefficient (Wildman–Crippen LogP) is 2.94. The highest BCUT2D eigenvalue weighted by molar-refractivity contribution is 14.1. The fourth-order valence-corrected chi connectivity index (χ4v) is 1.65. The number of nitrogen functional groups attached to an aromatic ring is 1. The van der Waals surface area contributed by atoms with Crippen LogP contribution in [-0.2, 0) is 0 Å². The molecule has 2 rings (SSSR count). The van der Waals surface area contributed by atoms with Gasteiger partial charge < -0.3 is 5.73 Å². The van der Waals surface area contributed by atoms with Crippen molar-refractivity contribution in [2.45, 2.75) is 0 Å². The zero-order valence-corrected chi connectivity index (χ0v) is 9.60. The molecule has 0 unspecified atom stereocenters. The van der Waals surface area contributed by atoms with Crippen molar-refractivity contribution in [3.05, 3.63) is 46.2 Å². The van der Waals surface area contributed by atoms with Gasteiger partial charge in [0.2, 0.25) is 0 Å². The Balaban J connectivity index is 2.48. The lowest BCUT2D eigenvalue weighted by Gasteiger charge is -2.02. The van der Waals surface area contributed by atoms with Gasteiger partial charge >= 0.3 is 0 Å². The highest BCUT2D eigenvalue weighted by Gasteiger charge is 2.01. The molecule has 3 heteroatoms. The summed E-state index contributed by atoms with van der Waals surface area (Å²) in [5.41, 5.74) is 8.50. The normalized spacial score (nSPS) is 10.1. The predicted molar refractivity (Wildman–Crippen MR) is 66.8 cm³/mol. The first-order valence-corrected chi connectivity index (χ1v) is 5.32. The van der Waals surface area contributed by atoms with Crippen LogP contribution in [-0.4, -0.2) is 4.98 Å². The lowest BCUT2D eigenvalue weighted by atomic mass is 10.1. The van der Waals surface area contributed by atoms with E-state index in [1.807, 2.05) is 42.5 Å². The van der Waals surface area contributed by atoms with E-state index in [9.17, 15) is 0 Å². The summed E-state index contributed by atoms with van der Waals surface area (Å²) in [6, 6.07) is 13.9. The van der Waals surface area contributed by atoms with Crippen molar-refractivity contribution in [2.75, 3.05) is 5.73 Å². The molecule has 0 amide bonds. The van der Waals surface area contributed by atoms with Crippen LogP contribution in [0.1, 0.15) is 0 Å². The van der Waals surface area contributed by atoms with Gasteiger partial charge in [-0.15, -0.1) is 0 Å². The van der Waals surface area contributed by atoms with Crippen molar-refractivity contribution in [2.24, 2.45) is 0 Å². The van der Waals surface area contributed by atoms with Crippen molar-refractivity contribution in [1.82, 2.24) is 4.98 Å². The number of nitrogens with zero attached hydrogens (tertiary/aromatic N) is 1. The van der Waals surface area contributed by atoms with Gasteiger partial charge in [0, 0.05) is 5.56 Å². The van der Waals surface area contributed by atoms with Gasteiger partial charge in [-0.2, -0.15) is 0 Å². The summed E-state index contributed by atoms with van der Waals surface area (Å²) >= 11 is 2.14. The van der Waals surface area contributed by atoms with Crippen molar-refractivity contribution < 1.29 is 0 Å². The number of aromatic nitrogens is 1. The van der Waals surface area contributed by atoms with Crippen molar-refractivity contribution in [3.8, 4) is 11.3 Å². The van der Waals surface area contributed by atoms with E-state index < -0.39 is 0 Å². The molecule has 0 spiro atoms. The van der Waals surface area contributed by atoms with Crippen LogP contribution in [0.15, 0.2) is 42.5 Å². The molecule has 2 N–H and O–H groups in total. The third-order valence-corrected chi connectivity index (χ3v) is 2.81. The second-order valence-corrected chi connectivity index (χ2v) is 3.96. The molecule has 1 aromatic heterocycles. The number of pyridine rings is 1. The minimum Gasteiger partial charge on any atom is -0.397 e. The molecule has 0 bridgehead atoms. The molecule has 0 saturated heterocycles. The maximum absolute atomic E-state index is 5.70. The SMILES string of the molecule is Nc1ccc(-c2ccccc2)nc1I. The molecular weight excluding hydrogens is 287 g/mol. The molecule has 0 aliphatic rings. The molecule has 0 radical (unpaired) electrons. The minimum atomic E-state index is 0.727. The highest BCUT2D eigenvalue weighted by Crippen LogP contribution is 2.20. The monoisotopic (exact) mass is 296 g/mol. The van der Waals surface area contributed by atoms with Gasteiger partial charge in [-0.05, 0) is 34.7 Å². The van der Waals surface area contributed by atoms with E-state index in [0.29, 0.717) is 0 Å². The molecular formula is C11H9IN2. The Morgan fingerprint density at radius 2 is 1.71 bits per heavy atom. The Bertz CT molecular complexity index is 440. The highest BCUT2D eigenvalue weighted by atomic mass is 127. The summed E-state index contributed by atoms with van der Waals surface area (Å²) in [4.78, 5) is 4.40. The van der Waals surface area contributed by atoms with Gasteiger partial charge in [0.1, 0.15) is 3.70 Å². The molecule has 1 heterocycles. The molecule has 2 nitrogen and oxygen atoms in total. The Kier molecular flexibility index (Phi) is 2.67. The smallest absolute Gasteiger partial charge is 0.124 e. The molecule has 1 aromatic carbocycles. The number of hydrogen-bond donors (Lipinski definition) is 1. The third-order valence-electron chi connectivity index (χ3n) is 1.95. The van der Waals surface area contributed by atoms with Crippen molar-refractivity contribution in [1.29, 1.82) is 0 Å². The third kappa shape index (κ3) is 1.87. The quantitative estimate of drug-likeness (QED) is 0.649. The number of rotatable bonds is 1. The number of halogens is 1. The summed E-state index contributed by atoms with van der Waals surface area (Å²) in [5.74, 6) is 0. The van der Waals surface area contributed by atoms with Gasteiger partial charge in [0.15, 0.2) is 0 Å². The van der Waals surface area contributed by atoms with E-state index in [1.54, 1.807) is 0 Å². The first-order valence-electron chi connectivity index (χ1n) is 4.25. The first-order chi connectivity index (χ1) is 6.77. The summed E-state index contributed by atoms with van der Waals surface area (Å²) in [5, 5.41) is 0. The van der Waals surface area contributed by atoms with Gasteiger partial charge in [-0.25, -0.2) is 4.98 Å². The summed E-state index contributed by atoms with van der Waals surface area (Å²) in [7, 11) is 0. The maximum atomic E-state index is 5.70. The first kappa shape index (κ1) is 9.45. The Morgan fingerprint density at radius 3 is 2.36 bits per heavy atom. The van der Waals surface area contributed by atoms with E-state index in [-0.39, 0.29) is 0 Å². The largest absolute Gasteiger partial charge is 0.397 e. The fourth-order valence-electron chi connectivity index (χ4n) is 1.21. The van der Waals surface area contributed by atoms with Gasteiger partial charge in [-0.1, -0.05) is 30.3 Å². The zero-order valence-electron chi connectivity index (χ0n) is 7.44. The van der Waals surface area contributed by atoms with Crippen LogP contribution in [0.5, 0.6) is 0 Å². The number of nitrogens with two attached hydrogens (primary N) is 1. The molecule has 0 atom stereocenters. The summed E-state index contributed by atoms with van der Waals surface area (Å²) in [6.07, 6.45) is 0. The molecule has 14 heavy (non-hydrogen) atoms. The van der Waals surface area contributed by atoms with Crippen LogP contribution < -0.4 is 5.73 Å². The Labute approximate surface area is 96.3 Å². The second kappa shape index (κ2) is 3.96. The number of anilines is 1. The van der Waals surface area contributed by atoms with E-state index in [1.165, 1.54) is 0 Å². The zero-order chi connectivity index (χ0) is 9.97. The standard InChI is InChI=1S/C11H9IN2/c12-11-9(13)6-7-10(14-11)8-4-2-1-3-5-8/h1-7H,13H2. The Hall–Kier alpha value is -1.10. The van der Waals surface area contributed by atoms with E-state index >= 15 is 0 Å². The van der Waals surface area contributed by atoms with E-state index in [0.717, 1.165) is 20.6 Å². The topological polar surface area (TPSA) is 38.9 Å². The summed E-state index contributed by atoms with van der Waals surface area (Å²) < 4.78 is 0.851. The molecule has 2 aromatic rings. The molecule has 0 saturated carbocycles. The molecule has 0 aliphatic heterocycles. The maximum Gasteiger partial charge on any atom is 0.124 e. The fraction of sp³-hybridized carbons (Fsp3) is 0. The second-order valence-electron chi connectivity index (χ2n) is 2.94. The lowest BCUT2D eigenvalue weighted by molar-refractivity contribution is 1.28. The average molecular weight is 296 g/mol. The van der Waals surface area contributed by atoms with Crippen LogP contribution in [0.3, 0.4) is 0 Å². The molecule has 70 valence electrons. The number of benzene rings is 1. The molecule has 0 fully saturated rings.